The standard InChI is InChI=1S/C11H16N2O3S2/c1-6-2-3-8(17-6)18(14,15)13-10-9(12)7-4-5-16-11(7)10/h2-3,7,9-11,13H,4-5,12H2,1H3. The summed E-state index contributed by atoms with van der Waals surface area (Å²) in [7, 11) is -3.46. The Labute approximate surface area is 110 Å². The molecule has 1 aliphatic carbocycles. The van der Waals surface area contributed by atoms with Gasteiger partial charge in [-0.3, -0.25) is 0 Å². The SMILES string of the molecule is Cc1ccc(S(=O)(=O)NC2C(N)C3CCOC32)s1. The van der Waals surface area contributed by atoms with Crippen LogP contribution in [0.5, 0.6) is 0 Å². The van der Waals surface area contributed by atoms with Crippen molar-refractivity contribution in [3.05, 3.63) is 17.0 Å². The van der Waals surface area contributed by atoms with E-state index in [2.05, 4.69) is 4.72 Å². The molecule has 3 N–H and O–H groups in total. The first-order valence-corrected chi connectivity index (χ1v) is 8.25. The average Bonchev–Trinajstić information content (AvgIpc) is 2.92. The second-order valence-corrected chi connectivity index (χ2v) is 8.11. The molecule has 1 saturated heterocycles. The van der Waals surface area contributed by atoms with E-state index in [-0.39, 0.29) is 18.2 Å². The number of fused-ring (bicyclic) bond motifs is 1. The highest BCUT2D eigenvalue weighted by Gasteiger charge is 2.53. The second-order valence-electron chi connectivity index (χ2n) is 4.88. The van der Waals surface area contributed by atoms with Gasteiger partial charge in [0, 0.05) is 23.4 Å². The maximum atomic E-state index is 12.2. The normalized spacial score (nSPS) is 35.2. The van der Waals surface area contributed by atoms with Gasteiger partial charge in [-0.25, -0.2) is 13.1 Å². The summed E-state index contributed by atoms with van der Waals surface area (Å²) in [5.74, 6) is 0.308. The van der Waals surface area contributed by atoms with E-state index in [1.54, 1.807) is 12.1 Å². The third kappa shape index (κ3) is 1.90. The van der Waals surface area contributed by atoms with E-state index in [0.29, 0.717) is 16.7 Å². The highest BCUT2D eigenvalue weighted by Crippen LogP contribution is 2.38. The van der Waals surface area contributed by atoms with Crippen molar-refractivity contribution in [2.75, 3.05) is 6.61 Å². The van der Waals surface area contributed by atoms with Gasteiger partial charge in [-0.15, -0.1) is 11.3 Å². The van der Waals surface area contributed by atoms with Crippen molar-refractivity contribution in [1.29, 1.82) is 0 Å². The predicted octanol–water partition coefficient (Wildman–Crippen LogP) is 0.449. The fourth-order valence-electron chi connectivity index (χ4n) is 2.69. The number of nitrogens with one attached hydrogen (secondary N) is 1. The lowest BCUT2D eigenvalue weighted by molar-refractivity contribution is -0.00922. The number of hydrogen-bond acceptors (Lipinski definition) is 5. The zero-order chi connectivity index (χ0) is 12.9. The molecule has 2 fully saturated rings. The molecule has 0 radical (unpaired) electrons. The number of sulfonamides is 1. The molecule has 7 heteroatoms. The van der Waals surface area contributed by atoms with Gasteiger partial charge in [0.1, 0.15) is 4.21 Å². The van der Waals surface area contributed by atoms with Gasteiger partial charge in [-0.1, -0.05) is 0 Å². The molecule has 0 spiro atoms. The molecule has 18 heavy (non-hydrogen) atoms. The zero-order valence-electron chi connectivity index (χ0n) is 10.00. The molecule has 1 aromatic rings. The molecule has 100 valence electrons. The van der Waals surface area contributed by atoms with Crippen LogP contribution in [0.2, 0.25) is 0 Å². The molecular formula is C11H16N2O3S2. The summed E-state index contributed by atoms with van der Waals surface area (Å²) in [6, 6.07) is 3.01. The molecule has 2 heterocycles. The van der Waals surface area contributed by atoms with E-state index < -0.39 is 10.0 Å². The van der Waals surface area contributed by atoms with Gasteiger partial charge in [0.25, 0.3) is 0 Å². The lowest BCUT2D eigenvalue weighted by Crippen LogP contribution is -2.68. The maximum Gasteiger partial charge on any atom is 0.250 e. The quantitative estimate of drug-likeness (QED) is 0.846. The Morgan fingerprint density at radius 1 is 1.50 bits per heavy atom. The minimum Gasteiger partial charge on any atom is -0.376 e. The summed E-state index contributed by atoms with van der Waals surface area (Å²) in [5.41, 5.74) is 5.99. The Bertz CT molecular complexity index is 554. The van der Waals surface area contributed by atoms with Crippen molar-refractivity contribution in [1.82, 2.24) is 4.72 Å². The largest absolute Gasteiger partial charge is 0.376 e. The smallest absolute Gasteiger partial charge is 0.250 e. The van der Waals surface area contributed by atoms with Crippen molar-refractivity contribution < 1.29 is 13.2 Å². The summed E-state index contributed by atoms with van der Waals surface area (Å²) >= 11 is 1.27. The van der Waals surface area contributed by atoms with Crippen LogP contribution < -0.4 is 10.5 Å². The van der Waals surface area contributed by atoms with Crippen LogP contribution in [0.4, 0.5) is 0 Å². The van der Waals surface area contributed by atoms with Crippen molar-refractivity contribution in [2.24, 2.45) is 11.7 Å². The van der Waals surface area contributed by atoms with Crippen LogP contribution in [-0.4, -0.2) is 33.2 Å². The minimum absolute atomic E-state index is 0.0455. The number of aryl methyl sites for hydroxylation is 1. The second kappa shape index (κ2) is 4.28. The molecule has 4 unspecified atom stereocenters. The van der Waals surface area contributed by atoms with Crippen LogP contribution in [0.25, 0.3) is 0 Å². The number of thiophene rings is 1. The molecule has 4 atom stereocenters. The van der Waals surface area contributed by atoms with Crippen LogP contribution in [-0.2, 0) is 14.8 Å². The van der Waals surface area contributed by atoms with Crippen LogP contribution in [0.3, 0.4) is 0 Å². The van der Waals surface area contributed by atoms with E-state index >= 15 is 0 Å². The molecule has 1 aromatic heterocycles. The summed E-state index contributed by atoms with van der Waals surface area (Å²) < 4.78 is 32.9. The average molecular weight is 288 g/mol. The fourth-order valence-corrected chi connectivity index (χ4v) is 5.27. The first kappa shape index (κ1) is 12.6. The Kier molecular flexibility index (Phi) is 2.98. The van der Waals surface area contributed by atoms with E-state index in [1.165, 1.54) is 11.3 Å². The lowest BCUT2D eigenvalue weighted by atomic mass is 9.73. The lowest BCUT2D eigenvalue weighted by Gasteiger charge is -2.45. The van der Waals surface area contributed by atoms with E-state index in [9.17, 15) is 8.42 Å². The van der Waals surface area contributed by atoms with Gasteiger partial charge >= 0.3 is 0 Å². The van der Waals surface area contributed by atoms with Crippen LogP contribution in [0.1, 0.15) is 11.3 Å². The van der Waals surface area contributed by atoms with Gasteiger partial charge < -0.3 is 10.5 Å². The number of rotatable bonds is 3. The van der Waals surface area contributed by atoms with Crippen molar-refractivity contribution in [3.8, 4) is 0 Å². The number of ether oxygens (including phenoxy) is 1. The number of hydrogen-bond donors (Lipinski definition) is 2. The molecule has 3 rings (SSSR count). The fraction of sp³-hybridized carbons (Fsp3) is 0.636. The van der Waals surface area contributed by atoms with Gasteiger partial charge in [0.15, 0.2) is 0 Å². The van der Waals surface area contributed by atoms with Crippen molar-refractivity contribution in [3.63, 3.8) is 0 Å². The first-order valence-electron chi connectivity index (χ1n) is 5.95. The highest BCUT2D eigenvalue weighted by molar-refractivity contribution is 7.91. The maximum absolute atomic E-state index is 12.2. The summed E-state index contributed by atoms with van der Waals surface area (Å²) in [6.45, 7) is 2.56. The molecule has 5 nitrogen and oxygen atoms in total. The minimum atomic E-state index is -3.46. The van der Waals surface area contributed by atoms with E-state index in [4.69, 9.17) is 10.5 Å². The van der Waals surface area contributed by atoms with Gasteiger partial charge in [-0.05, 0) is 25.5 Å². The topological polar surface area (TPSA) is 81.4 Å². The van der Waals surface area contributed by atoms with Crippen LogP contribution in [0.15, 0.2) is 16.3 Å². The Morgan fingerprint density at radius 2 is 2.28 bits per heavy atom. The van der Waals surface area contributed by atoms with Crippen LogP contribution >= 0.6 is 11.3 Å². The number of nitrogens with two attached hydrogens (primary N) is 1. The van der Waals surface area contributed by atoms with Gasteiger partial charge in [-0.2, -0.15) is 0 Å². The third-order valence-corrected chi connectivity index (χ3v) is 6.67. The van der Waals surface area contributed by atoms with Gasteiger partial charge in [0.05, 0.1) is 12.1 Å². The molecular weight excluding hydrogens is 272 g/mol. The molecule has 0 bridgehead atoms. The molecule has 2 aliphatic rings. The predicted molar refractivity (Wildman–Crippen MR) is 69.0 cm³/mol. The Hall–Kier alpha value is -0.470. The molecule has 0 aromatic carbocycles. The van der Waals surface area contributed by atoms with E-state index in [0.717, 1.165) is 11.3 Å². The zero-order valence-corrected chi connectivity index (χ0v) is 11.6. The molecule has 1 aliphatic heterocycles. The van der Waals surface area contributed by atoms with Gasteiger partial charge in [0.2, 0.25) is 10.0 Å². The highest BCUT2D eigenvalue weighted by atomic mass is 32.2. The van der Waals surface area contributed by atoms with Crippen molar-refractivity contribution >= 4 is 21.4 Å². The molecule has 1 saturated carbocycles. The Balaban J connectivity index is 1.77. The summed E-state index contributed by atoms with van der Waals surface area (Å²) in [6.07, 6.45) is 0.887. The molecule has 0 amide bonds. The van der Waals surface area contributed by atoms with Crippen molar-refractivity contribution in [2.45, 2.75) is 35.7 Å². The first-order chi connectivity index (χ1) is 8.49. The van der Waals surface area contributed by atoms with E-state index in [1.807, 2.05) is 6.92 Å². The monoisotopic (exact) mass is 288 g/mol. The summed E-state index contributed by atoms with van der Waals surface area (Å²) in [4.78, 5) is 0.975. The third-order valence-electron chi connectivity index (χ3n) is 3.72. The summed E-state index contributed by atoms with van der Waals surface area (Å²) in [5, 5.41) is 0. The van der Waals surface area contributed by atoms with Crippen LogP contribution in [0, 0.1) is 12.8 Å². The Morgan fingerprint density at radius 3 is 2.94 bits per heavy atom.